The monoisotopic (exact) mass is 335 g/mol. The predicted molar refractivity (Wildman–Crippen MR) is 95.0 cm³/mol. The Labute approximate surface area is 144 Å². The standard InChI is InChI=1S/C18H17N5O2/c1-12(20-21-17(24)14-7-6-10-19-11-14)16-13(2)22-23(18(16)25)15-8-4-3-5-9-15/h3-11,22H,1-2H3,(H,21,24)/b20-12-. The summed E-state index contributed by atoms with van der Waals surface area (Å²) in [6.07, 6.45) is 3.03. The number of nitrogens with one attached hydrogen (secondary N) is 2. The van der Waals surface area contributed by atoms with Crippen LogP contribution in [0.4, 0.5) is 0 Å². The van der Waals surface area contributed by atoms with Crippen molar-refractivity contribution in [2.45, 2.75) is 13.8 Å². The largest absolute Gasteiger partial charge is 0.295 e. The quantitative estimate of drug-likeness (QED) is 0.564. The molecule has 0 fully saturated rings. The number of benzene rings is 1. The van der Waals surface area contributed by atoms with Crippen molar-refractivity contribution in [1.82, 2.24) is 20.2 Å². The summed E-state index contributed by atoms with van der Waals surface area (Å²) in [6.45, 7) is 3.47. The molecule has 126 valence electrons. The average Bonchev–Trinajstić information content (AvgIpc) is 2.95. The van der Waals surface area contributed by atoms with Crippen molar-refractivity contribution in [3.8, 4) is 5.69 Å². The highest BCUT2D eigenvalue weighted by Crippen LogP contribution is 2.07. The summed E-state index contributed by atoms with van der Waals surface area (Å²) in [5, 5.41) is 7.09. The van der Waals surface area contributed by atoms with E-state index in [1.807, 2.05) is 30.3 Å². The summed E-state index contributed by atoms with van der Waals surface area (Å²) in [7, 11) is 0. The van der Waals surface area contributed by atoms with Crippen molar-refractivity contribution in [2.75, 3.05) is 0 Å². The highest BCUT2D eigenvalue weighted by atomic mass is 16.2. The van der Waals surface area contributed by atoms with Gasteiger partial charge < -0.3 is 0 Å². The fraction of sp³-hybridized carbons (Fsp3) is 0.111. The molecule has 2 aromatic heterocycles. The van der Waals surface area contributed by atoms with Gasteiger partial charge in [0.05, 0.1) is 22.5 Å². The molecule has 0 bridgehead atoms. The number of hydrogen-bond donors (Lipinski definition) is 2. The molecule has 0 radical (unpaired) electrons. The minimum Gasteiger partial charge on any atom is -0.295 e. The second-order valence-electron chi connectivity index (χ2n) is 5.47. The van der Waals surface area contributed by atoms with Crippen LogP contribution in [0.5, 0.6) is 0 Å². The summed E-state index contributed by atoms with van der Waals surface area (Å²) in [6, 6.07) is 12.6. The number of amides is 1. The van der Waals surface area contributed by atoms with Crippen LogP contribution in [0, 0.1) is 6.92 Å². The maximum atomic E-state index is 12.7. The molecule has 0 atom stereocenters. The third-order valence-electron chi connectivity index (χ3n) is 3.70. The summed E-state index contributed by atoms with van der Waals surface area (Å²) in [5.74, 6) is -0.385. The molecule has 3 rings (SSSR count). The molecule has 3 aromatic rings. The third kappa shape index (κ3) is 3.40. The average molecular weight is 335 g/mol. The van der Waals surface area contributed by atoms with Crippen molar-refractivity contribution in [3.63, 3.8) is 0 Å². The Hall–Kier alpha value is -3.48. The van der Waals surface area contributed by atoms with Crippen LogP contribution in [0.2, 0.25) is 0 Å². The van der Waals surface area contributed by atoms with Gasteiger partial charge in [-0.1, -0.05) is 18.2 Å². The van der Waals surface area contributed by atoms with E-state index < -0.39 is 0 Å². The first kappa shape index (κ1) is 16.4. The predicted octanol–water partition coefficient (Wildman–Crippen LogP) is 2.02. The number of aromatic amines is 1. The molecule has 2 heterocycles. The van der Waals surface area contributed by atoms with Crippen LogP contribution in [0.3, 0.4) is 0 Å². The number of carbonyl (C=O) groups is 1. The molecule has 0 aliphatic carbocycles. The minimum absolute atomic E-state index is 0.222. The van der Waals surface area contributed by atoms with Crippen molar-refractivity contribution < 1.29 is 4.79 Å². The number of rotatable bonds is 4. The molecule has 2 N–H and O–H groups in total. The van der Waals surface area contributed by atoms with E-state index in [9.17, 15) is 9.59 Å². The van der Waals surface area contributed by atoms with E-state index in [-0.39, 0.29) is 11.5 Å². The zero-order valence-corrected chi connectivity index (χ0v) is 13.9. The van der Waals surface area contributed by atoms with Crippen molar-refractivity contribution >= 4 is 11.6 Å². The zero-order valence-electron chi connectivity index (χ0n) is 13.9. The molecule has 0 aliphatic rings. The molecule has 25 heavy (non-hydrogen) atoms. The number of aromatic nitrogens is 3. The molecule has 0 unspecified atom stereocenters. The number of H-pyrrole nitrogens is 1. The number of para-hydroxylation sites is 1. The fourth-order valence-corrected chi connectivity index (χ4v) is 2.48. The maximum absolute atomic E-state index is 12.7. The number of hydrazone groups is 1. The van der Waals surface area contributed by atoms with Gasteiger partial charge >= 0.3 is 0 Å². The first-order valence-corrected chi connectivity index (χ1v) is 7.70. The highest BCUT2D eigenvalue weighted by molar-refractivity contribution is 6.01. The van der Waals surface area contributed by atoms with Crippen LogP contribution >= 0.6 is 0 Å². The summed E-state index contributed by atoms with van der Waals surface area (Å²) in [5.41, 5.74) is 4.87. The second kappa shape index (κ2) is 6.96. The SMILES string of the molecule is C/C(=N/NC(=O)c1cccnc1)c1c(C)[nH]n(-c2ccccc2)c1=O. The lowest BCUT2D eigenvalue weighted by molar-refractivity contribution is 0.0954. The molecular formula is C18H17N5O2. The van der Waals surface area contributed by atoms with Crippen LogP contribution in [-0.4, -0.2) is 26.4 Å². The summed E-state index contributed by atoms with van der Waals surface area (Å²) >= 11 is 0. The van der Waals surface area contributed by atoms with E-state index in [1.54, 1.807) is 32.2 Å². The van der Waals surface area contributed by atoms with E-state index >= 15 is 0 Å². The van der Waals surface area contributed by atoms with E-state index in [0.29, 0.717) is 22.5 Å². The number of aryl methyl sites for hydroxylation is 1. The van der Waals surface area contributed by atoms with Gasteiger partial charge in [0.2, 0.25) is 0 Å². The normalized spacial score (nSPS) is 11.4. The van der Waals surface area contributed by atoms with E-state index in [0.717, 1.165) is 5.69 Å². The third-order valence-corrected chi connectivity index (χ3v) is 3.70. The van der Waals surface area contributed by atoms with Gasteiger partial charge in [-0.05, 0) is 38.1 Å². The highest BCUT2D eigenvalue weighted by Gasteiger charge is 2.15. The molecule has 0 aliphatic heterocycles. The molecule has 7 nitrogen and oxygen atoms in total. The van der Waals surface area contributed by atoms with Gasteiger partial charge in [0.1, 0.15) is 0 Å². The van der Waals surface area contributed by atoms with Crippen molar-refractivity contribution in [2.24, 2.45) is 5.10 Å². The number of hydrogen-bond acceptors (Lipinski definition) is 4. The van der Waals surface area contributed by atoms with Crippen LogP contribution in [0.15, 0.2) is 64.8 Å². The lowest BCUT2D eigenvalue weighted by Crippen LogP contribution is -2.23. The second-order valence-corrected chi connectivity index (χ2v) is 5.47. The minimum atomic E-state index is -0.385. The van der Waals surface area contributed by atoms with Gasteiger partial charge in [-0.2, -0.15) is 5.10 Å². The van der Waals surface area contributed by atoms with Gasteiger partial charge in [0.15, 0.2) is 0 Å². The molecule has 7 heteroatoms. The van der Waals surface area contributed by atoms with Crippen LogP contribution in [0.25, 0.3) is 5.69 Å². The summed E-state index contributed by atoms with van der Waals surface area (Å²) in [4.78, 5) is 28.6. The Bertz CT molecular complexity index is 972. The number of pyridine rings is 1. The van der Waals surface area contributed by atoms with Crippen molar-refractivity contribution in [3.05, 3.63) is 82.0 Å². The van der Waals surface area contributed by atoms with Gasteiger partial charge in [0.25, 0.3) is 11.5 Å². The van der Waals surface area contributed by atoms with E-state index in [4.69, 9.17) is 0 Å². The Morgan fingerprint density at radius 3 is 2.64 bits per heavy atom. The molecule has 0 spiro atoms. The molecule has 1 aromatic carbocycles. The Kier molecular flexibility index (Phi) is 4.56. The fourth-order valence-electron chi connectivity index (χ4n) is 2.48. The topological polar surface area (TPSA) is 92.1 Å². The molecule has 0 saturated carbocycles. The zero-order chi connectivity index (χ0) is 17.8. The number of carbonyl (C=O) groups excluding carboxylic acids is 1. The van der Waals surface area contributed by atoms with Gasteiger partial charge in [-0.3, -0.25) is 19.7 Å². The molecular weight excluding hydrogens is 318 g/mol. The maximum Gasteiger partial charge on any atom is 0.280 e. The first-order chi connectivity index (χ1) is 12.1. The first-order valence-electron chi connectivity index (χ1n) is 7.70. The van der Waals surface area contributed by atoms with Crippen LogP contribution in [-0.2, 0) is 0 Å². The smallest absolute Gasteiger partial charge is 0.280 e. The van der Waals surface area contributed by atoms with Gasteiger partial charge in [-0.25, -0.2) is 10.1 Å². The summed E-state index contributed by atoms with van der Waals surface area (Å²) < 4.78 is 1.45. The molecule has 0 saturated heterocycles. The van der Waals surface area contributed by atoms with Crippen molar-refractivity contribution in [1.29, 1.82) is 0 Å². The van der Waals surface area contributed by atoms with Crippen LogP contribution in [0.1, 0.15) is 28.5 Å². The van der Waals surface area contributed by atoms with E-state index in [2.05, 4.69) is 20.6 Å². The van der Waals surface area contributed by atoms with Gasteiger partial charge in [-0.15, -0.1) is 0 Å². The Morgan fingerprint density at radius 2 is 1.96 bits per heavy atom. The Balaban J connectivity index is 1.88. The lowest BCUT2D eigenvalue weighted by Gasteiger charge is -2.01. The lowest BCUT2D eigenvalue weighted by atomic mass is 10.2. The Morgan fingerprint density at radius 1 is 1.20 bits per heavy atom. The van der Waals surface area contributed by atoms with E-state index in [1.165, 1.54) is 10.9 Å². The number of nitrogens with zero attached hydrogens (tertiary/aromatic N) is 3. The molecule has 1 amide bonds. The van der Waals surface area contributed by atoms with Gasteiger partial charge in [0, 0.05) is 18.1 Å². The van der Waals surface area contributed by atoms with Crippen LogP contribution < -0.4 is 11.0 Å².